The number of nitrogens with zero attached hydrogens (tertiary/aromatic N) is 2. The van der Waals surface area contributed by atoms with E-state index in [-0.39, 0.29) is 12.2 Å². The van der Waals surface area contributed by atoms with Gasteiger partial charge in [0.05, 0.1) is 19.8 Å². The molecule has 2 aromatic rings. The lowest BCUT2D eigenvalue weighted by atomic mass is 10.1. The van der Waals surface area contributed by atoms with E-state index < -0.39 is 17.8 Å². The van der Waals surface area contributed by atoms with Gasteiger partial charge in [-0.3, -0.25) is 9.69 Å². The van der Waals surface area contributed by atoms with Gasteiger partial charge in [0.2, 0.25) is 0 Å². The molecule has 0 unspecified atom stereocenters. The zero-order valence-corrected chi connectivity index (χ0v) is 15.2. The van der Waals surface area contributed by atoms with E-state index in [2.05, 4.69) is 10.2 Å². The SMILES string of the molecule is O=C1NC(=Cc2ccc(N3CCOCC3)cc2)C(=O)N1Cc1ccccc1F. The van der Waals surface area contributed by atoms with Crippen LogP contribution >= 0.6 is 0 Å². The van der Waals surface area contributed by atoms with Gasteiger partial charge in [-0.15, -0.1) is 0 Å². The Morgan fingerprint density at radius 1 is 1.04 bits per heavy atom. The van der Waals surface area contributed by atoms with Crippen LogP contribution in [0.4, 0.5) is 14.9 Å². The molecule has 3 amide bonds. The number of hydrogen-bond donors (Lipinski definition) is 1. The van der Waals surface area contributed by atoms with Crippen LogP contribution in [0.1, 0.15) is 11.1 Å². The van der Waals surface area contributed by atoms with Gasteiger partial charge in [-0.2, -0.15) is 0 Å². The van der Waals surface area contributed by atoms with Crippen LogP contribution in [0, 0.1) is 5.82 Å². The first kappa shape index (κ1) is 18.2. The summed E-state index contributed by atoms with van der Waals surface area (Å²) in [7, 11) is 0. The van der Waals surface area contributed by atoms with Crippen molar-refractivity contribution in [3.8, 4) is 0 Å². The van der Waals surface area contributed by atoms with Crippen molar-refractivity contribution in [3.05, 3.63) is 71.2 Å². The molecule has 2 aliphatic heterocycles. The Morgan fingerprint density at radius 3 is 2.46 bits per heavy atom. The third-order valence-electron chi connectivity index (χ3n) is 4.83. The van der Waals surface area contributed by atoms with Gasteiger partial charge in [0.1, 0.15) is 11.5 Å². The summed E-state index contributed by atoms with van der Waals surface area (Å²) in [6, 6.07) is 13.3. The fourth-order valence-electron chi connectivity index (χ4n) is 3.28. The number of benzene rings is 2. The predicted octanol–water partition coefficient (Wildman–Crippen LogP) is 2.76. The Kier molecular flexibility index (Phi) is 5.08. The van der Waals surface area contributed by atoms with E-state index in [0.29, 0.717) is 18.8 Å². The zero-order chi connectivity index (χ0) is 19.5. The minimum absolute atomic E-state index is 0.106. The van der Waals surface area contributed by atoms with E-state index in [9.17, 15) is 14.0 Å². The van der Waals surface area contributed by atoms with Crippen LogP contribution in [0.15, 0.2) is 54.2 Å². The highest BCUT2D eigenvalue weighted by Crippen LogP contribution is 2.21. The number of amides is 3. The second-order valence-electron chi connectivity index (χ2n) is 6.66. The number of rotatable bonds is 4. The van der Waals surface area contributed by atoms with Crippen LogP contribution in [0.3, 0.4) is 0 Å². The van der Waals surface area contributed by atoms with E-state index in [4.69, 9.17) is 4.74 Å². The molecule has 1 N–H and O–H groups in total. The maximum absolute atomic E-state index is 13.8. The molecule has 2 saturated heterocycles. The molecule has 0 radical (unpaired) electrons. The highest BCUT2D eigenvalue weighted by molar-refractivity contribution is 6.13. The number of anilines is 1. The second-order valence-corrected chi connectivity index (χ2v) is 6.66. The van der Waals surface area contributed by atoms with Crippen LogP contribution < -0.4 is 10.2 Å². The summed E-state index contributed by atoms with van der Waals surface area (Å²) in [5.74, 6) is -0.912. The van der Waals surface area contributed by atoms with Crippen molar-refractivity contribution in [3.63, 3.8) is 0 Å². The summed E-state index contributed by atoms with van der Waals surface area (Å²) in [6.45, 7) is 3.01. The molecule has 0 aliphatic carbocycles. The number of ether oxygens (including phenoxy) is 1. The summed E-state index contributed by atoms with van der Waals surface area (Å²) in [6.07, 6.45) is 1.63. The lowest BCUT2D eigenvalue weighted by Crippen LogP contribution is -2.36. The lowest BCUT2D eigenvalue weighted by Gasteiger charge is -2.28. The maximum atomic E-state index is 13.8. The van der Waals surface area contributed by atoms with E-state index in [1.807, 2.05) is 24.3 Å². The summed E-state index contributed by atoms with van der Waals surface area (Å²) in [5, 5.41) is 2.57. The Morgan fingerprint density at radius 2 is 1.75 bits per heavy atom. The standard InChI is InChI=1S/C21H20FN3O3/c22-18-4-2-1-3-16(18)14-25-20(26)19(23-21(25)27)13-15-5-7-17(8-6-15)24-9-11-28-12-10-24/h1-8,13H,9-12,14H2,(H,23,27). The Labute approximate surface area is 162 Å². The molecule has 0 spiro atoms. The number of urea groups is 1. The van der Waals surface area contributed by atoms with Crippen LogP contribution in [0.2, 0.25) is 0 Å². The summed E-state index contributed by atoms with van der Waals surface area (Å²) in [4.78, 5) is 28.0. The molecule has 0 saturated carbocycles. The second kappa shape index (κ2) is 7.82. The van der Waals surface area contributed by atoms with Gasteiger partial charge in [0.25, 0.3) is 5.91 Å². The smallest absolute Gasteiger partial charge is 0.329 e. The summed E-state index contributed by atoms with van der Waals surface area (Å²) >= 11 is 0. The van der Waals surface area contributed by atoms with E-state index in [1.165, 1.54) is 6.07 Å². The third-order valence-corrected chi connectivity index (χ3v) is 4.83. The van der Waals surface area contributed by atoms with Gasteiger partial charge in [-0.05, 0) is 29.8 Å². The molecule has 0 aromatic heterocycles. The number of halogens is 1. The molecule has 2 heterocycles. The highest BCUT2D eigenvalue weighted by Gasteiger charge is 2.33. The van der Waals surface area contributed by atoms with Gasteiger partial charge in [0.15, 0.2) is 0 Å². The van der Waals surface area contributed by atoms with Gasteiger partial charge in [-0.25, -0.2) is 9.18 Å². The molecule has 4 rings (SSSR count). The Balaban J connectivity index is 1.48. The van der Waals surface area contributed by atoms with Crippen molar-refractivity contribution in [1.82, 2.24) is 10.2 Å². The predicted molar refractivity (Wildman–Crippen MR) is 103 cm³/mol. The van der Waals surface area contributed by atoms with Gasteiger partial charge >= 0.3 is 6.03 Å². The molecule has 144 valence electrons. The van der Waals surface area contributed by atoms with Gasteiger partial charge < -0.3 is 15.0 Å². The largest absolute Gasteiger partial charge is 0.378 e. The minimum Gasteiger partial charge on any atom is -0.378 e. The third kappa shape index (κ3) is 3.75. The Bertz CT molecular complexity index is 921. The van der Waals surface area contributed by atoms with Crippen LogP contribution in [-0.2, 0) is 16.1 Å². The van der Waals surface area contributed by atoms with Crippen LogP contribution in [0.25, 0.3) is 6.08 Å². The average molecular weight is 381 g/mol. The fourth-order valence-corrected chi connectivity index (χ4v) is 3.28. The molecule has 6 nitrogen and oxygen atoms in total. The number of morpholine rings is 1. The molecule has 28 heavy (non-hydrogen) atoms. The number of nitrogens with one attached hydrogen (secondary N) is 1. The quantitative estimate of drug-likeness (QED) is 0.654. The fraction of sp³-hybridized carbons (Fsp3) is 0.238. The molecule has 7 heteroatoms. The average Bonchev–Trinajstić information content (AvgIpc) is 2.98. The lowest BCUT2D eigenvalue weighted by molar-refractivity contribution is -0.123. The molecule has 0 atom stereocenters. The monoisotopic (exact) mass is 381 g/mol. The highest BCUT2D eigenvalue weighted by atomic mass is 19.1. The number of carbonyl (C=O) groups excluding carboxylic acids is 2. The van der Waals surface area contributed by atoms with Crippen molar-refractivity contribution in [2.45, 2.75) is 6.54 Å². The number of imide groups is 1. The van der Waals surface area contributed by atoms with Crippen molar-refractivity contribution in [2.75, 3.05) is 31.2 Å². The Hall–Kier alpha value is -3.19. The summed E-state index contributed by atoms with van der Waals surface area (Å²) in [5.41, 5.74) is 2.37. The van der Waals surface area contributed by atoms with Crippen molar-refractivity contribution < 1.29 is 18.7 Å². The summed E-state index contributed by atoms with van der Waals surface area (Å²) < 4.78 is 19.2. The minimum atomic E-state index is -0.551. The van der Waals surface area contributed by atoms with Crippen LogP contribution in [-0.4, -0.2) is 43.1 Å². The first-order valence-electron chi connectivity index (χ1n) is 9.12. The number of carbonyl (C=O) groups is 2. The topological polar surface area (TPSA) is 61.9 Å². The molecular formula is C21H20FN3O3. The first-order valence-corrected chi connectivity index (χ1v) is 9.12. The van der Waals surface area contributed by atoms with Crippen molar-refractivity contribution in [2.24, 2.45) is 0 Å². The van der Waals surface area contributed by atoms with Gasteiger partial charge in [-0.1, -0.05) is 30.3 Å². The molecular weight excluding hydrogens is 361 g/mol. The number of hydrogen-bond acceptors (Lipinski definition) is 4. The van der Waals surface area contributed by atoms with E-state index in [0.717, 1.165) is 29.2 Å². The van der Waals surface area contributed by atoms with E-state index in [1.54, 1.807) is 24.3 Å². The van der Waals surface area contributed by atoms with E-state index >= 15 is 0 Å². The molecule has 2 fully saturated rings. The van der Waals surface area contributed by atoms with Crippen LogP contribution in [0.5, 0.6) is 0 Å². The molecule has 2 aromatic carbocycles. The normalized spacial score (nSPS) is 18.7. The molecule has 2 aliphatic rings. The molecule has 0 bridgehead atoms. The first-order chi connectivity index (χ1) is 13.6. The van der Waals surface area contributed by atoms with Crippen molar-refractivity contribution >= 4 is 23.7 Å². The van der Waals surface area contributed by atoms with Gasteiger partial charge in [0, 0.05) is 24.3 Å². The zero-order valence-electron chi connectivity index (χ0n) is 15.2. The van der Waals surface area contributed by atoms with Crippen molar-refractivity contribution in [1.29, 1.82) is 0 Å². The maximum Gasteiger partial charge on any atom is 0.329 e.